The Hall–Kier alpha value is -0.315. The molecule has 0 saturated carbocycles. The van der Waals surface area contributed by atoms with Crippen LogP contribution in [0.15, 0.2) is 16.6 Å². The zero-order valence-corrected chi connectivity index (χ0v) is 8.59. The lowest BCUT2D eigenvalue weighted by Crippen LogP contribution is -2.34. The molecule has 2 N–H and O–H groups in total. The maximum absolute atomic E-state index is 9.04. The van der Waals surface area contributed by atoms with Crippen molar-refractivity contribution in [2.24, 2.45) is 0 Å². The molecule has 64 valence electrons. The van der Waals surface area contributed by atoms with Crippen molar-refractivity contribution in [1.29, 1.82) is 0 Å². The van der Waals surface area contributed by atoms with Crippen molar-refractivity contribution >= 4 is 28.5 Å². The van der Waals surface area contributed by atoms with E-state index in [4.69, 9.17) is 10.0 Å². The van der Waals surface area contributed by atoms with Gasteiger partial charge in [-0.05, 0) is 30.9 Å². The van der Waals surface area contributed by atoms with Crippen LogP contribution in [0.3, 0.4) is 0 Å². The van der Waals surface area contributed by atoms with E-state index in [0.29, 0.717) is 5.46 Å². The summed E-state index contributed by atoms with van der Waals surface area (Å²) in [5, 5.41) is 18.1. The first-order chi connectivity index (χ1) is 5.54. The van der Waals surface area contributed by atoms with Gasteiger partial charge in [-0.3, -0.25) is 0 Å². The van der Waals surface area contributed by atoms with Gasteiger partial charge in [-0.2, -0.15) is 0 Å². The molecule has 2 nitrogen and oxygen atoms in total. The maximum Gasteiger partial charge on any atom is 0.489 e. The zero-order valence-electron chi connectivity index (χ0n) is 7.00. The summed E-state index contributed by atoms with van der Waals surface area (Å²) in [5.74, 6) is 0. The highest BCUT2D eigenvalue weighted by molar-refractivity contribution is 9.10. The lowest BCUT2D eigenvalue weighted by atomic mass is 9.74. The molecule has 0 aromatic heterocycles. The van der Waals surface area contributed by atoms with E-state index in [1.165, 1.54) is 0 Å². The number of hydrogen-bond donors (Lipinski definition) is 2. The Morgan fingerprint density at radius 2 is 1.83 bits per heavy atom. The van der Waals surface area contributed by atoms with Gasteiger partial charge in [-0.25, -0.2) is 0 Å². The molecule has 0 spiro atoms. The second-order valence-electron chi connectivity index (χ2n) is 2.78. The van der Waals surface area contributed by atoms with Gasteiger partial charge in [-0.1, -0.05) is 27.6 Å². The highest BCUT2D eigenvalue weighted by Gasteiger charge is 2.17. The number of halogens is 1. The van der Waals surface area contributed by atoms with E-state index < -0.39 is 7.12 Å². The predicted octanol–water partition coefficient (Wildman–Crippen LogP) is 0.746. The Kier molecular flexibility index (Phi) is 2.93. The van der Waals surface area contributed by atoms with Crippen molar-refractivity contribution in [3.05, 3.63) is 27.7 Å². The van der Waals surface area contributed by atoms with Crippen LogP contribution in [0, 0.1) is 13.8 Å². The predicted molar refractivity (Wildman–Crippen MR) is 53.4 cm³/mol. The van der Waals surface area contributed by atoms with Gasteiger partial charge in [0.25, 0.3) is 0 Å². The number of aryl methyl sites for hydroxylation is 1. The van der Waals surface area contributed by atoms with Crippen molar-refractivity contribution < 1.29 is 10.0 Å². The van der Waals surface area contributed by atoms with Gasteiger partial charge < -0.3 is 10.0 Å². The van der Waals surface area contributed by atoms with Crippen LogP contribution in [0.1, 0.15) is 11.1 Å². The summed E-state index contributed by atoms with van der Waals surface area (Å²) in [6, 6.07) is 3.75. The quantitative estimate of drug-likeness (QED) is 0.697. The van der Waals surface area contributed by atoms with Crippen molar-refractivity contribution in [1.82, 2.24) is 0 Å². The van der Waals surface area contributed by atoms with Crippen molar-refractivity contribution in [3.8, 4) is 0 Å². The number of rotatable bonds is 1. The van der Waals surface area contributed by atoms with Crippen LogP contribution in [0.2, 0.25) is 0 Å². The molecule has 0 aliphatic carbocycles. The summed E-state index contributed by atoms with van der Waals surface area (Å²) in [6.07, 6.45) is 0. The number of hydrogen-bond acceptors (Lipinski definition) is 2. The Labute approximate surface area is 80.5 Å². The van der Waals surface area contributed by atoms with Crippen molar-refractivity contribution in [2.45, 2.75) is 13.8 Å². The second kappa shape index (κ2) is 3.60. The van der Waals surface area contributed by atoms with Gasteiger partial charge in [0.05, 0.1) is 0 Å². The molecular weight excluding hydrogens is 219 g/mol. The molecule has 4 heteroatoms. The molecule has 0 amide bonds. The van der Waals surface area contributed by atoms with E-state index in [2.05, 4.69) is 15.9 Å². The van der Waals surface area contributed by atoms with Crippen LogP contribution in [-0.2, 0) is 0 Å². The van der Waals surface area contributed by atoms with E-state index >= 15 is 0 Å². The Morgan fingerprint density at radius 1 is 1.25 bits per heavy atom. The van der Waals surface area contributed by atoms with E-state index in [1.807, 2.05) is 26.0 Å². The summed E-state index contributed by atoms with van der Waals surface area (Å²) in [4.78, 5) is 0. The molecule has 0 unspecified atom stereocenters. The SMILES string of the molecule is Cc1ccc(Br)c(C)c1B(O)O. The Balaban J connectivity index is 3.33. The molecule has 0 fully saturated rings. The van der Waals surface area contributed by atoms with Crippen LogP contribution in [0.4, 0.5) is 0 Å². The summed E-state index contributed by atoms with van der Waals surface area (Å²) in [6.45, 7) is 3.71. The summed E-state index contributed by atoms with van der Waals surface area (Å²) >= 11 is 3.33. The maximum atomic E-state index is 9.04. The largest absolute Gasteiger partial charge is 0.489 e. The fraction of sp³-hybridized carbons (Fsp3) is 0.250. The third-order valence-corrected chi connectivity index (χ3v) is 2.78. The minimum absolute atomic E-state index is 0.587. The van der Waals surface area contributed by atoms with Crippen molar-refractivity contribution in [3.63, 3.8) is 0 Å². The topological polar surface area (TPSA) is 40.5 Å². The van der Waals surface area contributed by atoms with Crippen LogP contribution < -0.4 is 5.46 Å². The Morgan fingerprint density at radius 3 is 2.25 bits per heavy atom. The summed E-state index contributed by atoms with van der Waals surface area (Å²) < 4.78 is 0.899. The molecule has 0 saturated heterocycles. The molecule has 0 heterocycles. The fourth-order valence-corrected chi connectivity index (χ4v) is 1.58. The average Bonchev–Trinajstić information content (AvgIpc) is 1.97. The highest BCUT2D eigenvalue weighted by Crippen LogP contribution is 2.15. The van der Waals surface area contributed by atoms with E-state index in [1.54, 1.807) is 0 Å². The minimum atomic E-state index is -1.39. The van der Waals surface area contributed by atoms with Gasteiger partial charge >= 0.3 is 7.12 Å². The van der Waals surface area contributed by atoms with Gasteiger partial charge in [0.15, 0.2) is 0 Å². The molecule has 0 atom stereocenters. The zero-order chi connectivity index (χ0) is 9.30. The van der Waals surface area contributed by atoms with Gasteiger partial charge in [-0.15, -0.1) is 0 Å². The molecular formula is C8H10BBrO2. The molecule has 1 aromatic carbocycles. The standard InChI is InChI=1S/C8H10BBrO2/c1-5-3-4-7(10)6(2)8(5)9(11)12/h3-4,11-12H,1-2H3. The molecule has 1 rings (SSSR count). The van der Waals surface area contributed by atoms with Crippen LogP contribution >= 0.6 is 15.9 Å². The first-order valence-electron chi connectivity index (χ1n) is 3.65. The molecule has 12 heavy (non-hydrogen) atoms. The van der Waals surface area contributed by atoms with Crippen LogP contribution in [0.5, 0.6) is 0 Å². The van der Waals surface area contributed by atoms with Gasteiger partial charge in [0.1, 0.15) is 0 Å². The van der Waals surface area contributed by atoms with E-state index in [-0.39, 0.29) is 0 Å². The van der Waals surface area contributed by atoms with Crippen molar-refractivity contribution in [2.75, 3.05) is 0 Å². The molecule has 0 bridgehead atoms. The molecule has 0 aliphatic heterocycles. The van der Waals surface area contributed by atoms with E-state index in [0.717, 1.165) is 15.6 Å². The van der Waals surface area contributed by atoms with Gasteiger partial charge in [0.2, 0.25) is 0 Å². The highest BCUT2D eigenvalue weighted by atomic mass is 79.9. The minimum Gasteiger partial charge on any atom is -0.423 e. The third kappa shape index (κ3) is 1.71. The van der Waals surface area contributed by atoms with E-state index in [9.17, 15) is 0 Å². The third-order valence-electron chi connectivity index (χ3n) is 1.92. The molecule has 1 aromatic rings. The number of benzene rings is 1. The van der Waals surface area contributed by atoms with Crippen LogP contribution in [0.25, 0.3) is 0 Å². The molecule has 0 radical (unpaired) electrons. The smallest absolute Gasteiger partial charge is 0.423 e. The first kappa shape index (κ1) is 9.77. The average molecular weight is 229 g/mol. The fourth-order valence-electron chi connectivity index (χ4n) is 1.23. The van der Waals surface area contributed by atoms with Gasteiger partial charge in [0, 0.05) is 4.47 Å². The summed E-state index contributed by atoms with van der Waals surface area (Å²) in [7, 11) is -1.39. The normalized spacial score (nSPS) is 10.1. The van der Waals surface area contributed by atoms with Crippen LogP contribution in [-0.4, -0.2) is 17.2 Å². The first-order valence-corrected chi connectivity index (χ1v) is 4.45. The lowest BCUT2D eigenvalue weighted by molar-refractivity contribution is 0.425. The second-order valence-corrected chi connectivity index (χ2v) is 3.63. The summed E-state index contributed by atoms with van der Waals surface area (Å²) in [5.41, 5.74) is 2.36. The monoisotopic (exact) mass is 228 g/mol. The molecule has 0 aliphatic rings. The lowest BCUT2D eigenvalue weighted by Gasteiger charge is -2.09. The Bertz CT molecular complexity index is 299.